The van der Waals surface area contributed by atoms with Crippen molar-refractivity contribution in [3.8, 4) is 11.1 Å². The Kier molecular flexibility index (Phi) is 8.35. The number of aryl methyl sites for hydroxylation is 1. The van der Waals surface area contributed by atoms with Crippen molar-refractivity contribution in [1.82, 2.24) is 10.3 Å². The number of halogens is 7. The maximum atomic E-state index is 14.0. The number of anilines is 1. The highest BCUT2D eigenvalue weighted by atomic mass is 19.4. The molecule has 0 bridgehead atoms. The van der Waals surface area contributed by atoms with Gasteiger partial charge in [-0.1, -0.05) is 6.07 Å². The predicted octanol–water partition coefficient (Wildman–Crippen LogP) is 7.44. The van der Waals surface area contributed by atoms with Gasteiger partial charge in [-0.2, -0.15) is 26.3 Å². The first-order valence-corrected chi connectivity index (χ1v) is 13.5. The molecule has 0 unspecified atom stereocenters. The summed E-state index contributed by atoms with van der Waals surface area (Å²) in [4.78, 5) is 31.2. The molecular weight excluding hydrogens is 595 g/mol. The molecule has 1 saturated heterocycles. The molecule has 2 aromatic carbocycles. The van der Waals surface area contributed by atoms with Crippen molar-refractivity contribution in [2.24, 2.45) is 0 Å². The number of pyridine rings is 1. The number of nitrogens with zero attached hydrogens (tertiary/aromatic N) is 2. The molecule has 0 spiro atoms. The number of amides is 1. The lowest BCUT2D eigenvalue weighted by Crippen LogP contribution is -2.45. The third kappa shape index (κ3) is 6.28. The Labute approximate surface area is 248 Å². The zero-order chi connectivity index (χ0) is 33.0. The lowest BCUT2D eigenvalue weighted by atomic mass is 9.81. The van der Waals surface area contributed by atoms with Gasteiger partial charge in [0.05, 0.1) is 40.2 Å². The molecule has 2 heterocycles. The standard InChI is InChI=1S/C31H30F7N3O3/c1-16-10-20(32)6-7-21(16)22-14-24(23-8-9-29(4,40-23)27(43)44)39-15-25(22)41(5)26(42)28(2,3)17-11-18(30(33,34)35)13-19(12-17)31(36,37)38/h6-7,10-15,23,40H,8-9H2,1-5H3,(H,43,44)/t23-,29-/m1/s1. The monoisotopic (exact) mass is 625 g/mol. The number of alkyl halides is 6. The fraction of sp³-hybridized carbons (Fsp3) is 0.387. The van der Waals surface area contributed by atoms with Crippen LogP contribution in [0.3, 0.4) is 0 Å². The molecule has 13 heteroatoms. The zero-order valence-corrected chi connectivity index (χ0v) is 24.4. The summed E-state index contributed by atoms with van der Waals surface area (Å²) in [7, 11) is 1.32. The van der Waals surface area contributed by atoms with Gasteiger partial charge in [0.1, 0.15) is 11.4 Å². The molecule has 0 aliphatic carbocycles. The second kappa shape index (κ2) is 11.2. The fourth-order valence-electron chi connectivity index (χ4n) is 5.39. The van der Waals surface area contributed by atoms with E-state index in [1.165, 1.54) is 45.3 Å². The Morgan fingerprint density at radius 2 is 1.52 bits per heavy atom. The number of nitrogens with one attached hydrogen (secondary N) is 1. The van der Waals surface area contributed by atoms with E-state index in [4.69, 9.17) is 0 Å². The topological polar surface area (TPSA) is 82.5 Å². The van der Waals surface area contributed by atoms with Crippen LogP contribution in [0, 0.1) is 12.7 Å². The van der Waals surface area contributed by atoms with Gasteiger partial charge < -0.3 is 10.0 Å². The van der Waals surface area contributed by atoms with Gasteiger partial charge >= 0.3 is 18.3 Å². The summed E-state index contributed by atoms with van der Waals surface area (Å²) >= 11 is 0. The van der Waals surface area contributed by atoms with Crippen molar-refractivity contribution in [1.29, 1.82) is 0 Å². The van der Waals surface area contributed by atoms with Crippen LogP contribution in [0.2, 0.25) is 0 Å². The van der Waals surface area contributed by atoms with Gasteiger partial charge in [0.15, 0.2) is 0 Å². The fourth-order valence-corrected chi connectivity index (χ4v) is 5.39. The molecule has 1 aliphatic heterocycles. The lowest BCUT2D eigenvalue weighted by Gasteiger charge is -2.32. The van der Waals surface area contributed by atoms with E-state index in [1.54, 1.807) is 19.9 Å². The quantitative estimate of drug-likeness (QED) is 0.278. The Morgan fingerprint density at radius 1 is 0.955 bits per heavy atom. The average Bonchev–Trinajstić information content (AvgIpc) is 3.34. The van der Waals surface area contributed by atoms with E-state index in [9.17, 15) is 45.4 Å². The van der Waals surface area contributed by atoms with Crippen molar-refractivity contribution in [3.05, 3.63) is 82.4 Å². The minimum Gasteiger partial charge on any atom is -0.480 e. The summed E-state index contributed by atoms with van der Waals surface area (Å²) in [6, 6.07) is 6.13. The molecular formula is C31H30F7N3O3. The molecule has 1 amide bonds. The van der Waals surface area contributed by atoms with Gasteiger partial charge in [-0.25, -0.2) is 4.39 Å². The van der Waals surface area contributed by atoms with Gasteiger partial charge in [-0.3, -0.25) is 19.9 Å². The number of hydrogen-bond acceptors (Lipinski definition) is 4. The molecule has 44 heavy (non-hydrogen) atoms. The molecule has 6 nitrogen and oxygen atoms in total. The molecule has 2 atom stereocenters. The van der Waals surface area contributed by atoms with Crippen LogP contribution in [-0.2, 0) is 27.4 Å². The minimum atomic E-state index is -5.10. The van der Waals surface area contributed by atoms with Crippen molar-refractivity contribution in [2.45, 2.75) is 69.9 Å². The average molecular weight is 626 g/mol. The summed E-state index contributed by atoms with van der Waals surface area (Å²) in [6.45, 7) is 5.62. The second-order valence-corrected chi connectivity index (χ2v) is 11.7. The van der Waals surface area contributed by atoms with Crippen LogP contribution in [0.4, 0.5) is 36.4 Å². The van der Waals surface area contributed by atoms with E-state index >= 15 is 0 Å². The first kappa shape index (κ1) is 32.9. The van der Waals surface area contributed by atoms with Crippen molar-refractivity contribution in [3.63, 3.8) is 0 Å². The van der Waals surface area contributed by atoms with E-state index in [2.05, 4.69) is 10.3 Å². The number of rotatable bonds is 6. The van der Waals surface area contributed by atoms with E-state index in [1.807, 2.05) is 0 Å². The zero-order valence-electron chi connectivity index (χ0n) is 24.4. The number of carbonyl (C=O) groups excluding carboxylic acids is 1. The molecule has 3 aromatic rings. The van der Waals surface area contributed by atoms with Gasteiger partial charge in [0, 0.05) is 12.6 Å². The van der Waals surface area contributed by atoms with E-state index in [-0.39, 0.29) is 11.8 Å². The molecule has 1 aliphatic rings. The van der Waals surface area contributed by atoms with E-state index < -0.39 is 63.7 Å². The third-order valence-electron chi connectivity index (χ3n) is 8.15. The Bertz CT molecular complexity index is 1590. The van der Waals surface area contributed by atoms with E-state index in [0.717, 1.165) is 4.90 Å². The molecule has 0 saturated carbocycles. The summed E-state index contributed by atoms with van der Waals surface area (Å²) in [6.07, 6.45) is -8.13. The number of carbonyl (C=O) groups is 2. The van der Waals surface area contributed by atoms with Crippen LogP contribution in [0.1, 0.15) is 67.6 Å². The lowest BCUT2D eigenvalue weighted by molar-refractivity contribution is -0.144. The number of likely N-dealkylation sites (N-methyl/N-ethyl adjacent to an activating group) is 1. The first-order chi connectivity index (χ1) is 20.1. The molecule has 1 fully saturated rings. The largest absolute Gasteiger partial charge is 0.480 e. The Hall–Kier alpha value is -4.00. The van der Waals surface area contributed by atoms with Gasteiger partial charge in [0.2, 0.25) is 5.91 Å². The van der Waals surface area contributed by atoms with Gasteiger partial charge in [-0.15, -0.1) is 0 Å². The highest BCUT2D eigenvalue weighted by Crippen LogP contribution is 2.42. The van der Waals surface area contributed by atoms with Crippen molar-refractivity contribution in [2.75, 3.05) is 11.9 Å². The van der Waals surface area contributed by atoms with Crippen LogP contribution in [0.15, 0.2) is 48.7 Å². The highest BCUT2D eigenvalue weighted by molar-refractivity contribution is 6.03. The minimum absolute atomic E-state index is 0.00176. The predicted molar refractivity (Wildman–Crippen MR) is 148 cm³/mol. The second-order valence-electron chi connectivity index (χ2n) is 11.7. The molecule has 1 aromatic heterocycles. The van der Waals surface area contributed by atoms with Crippen LogP contribution in [-0.4, -0.2) is 34.6 Å². The number of carboxylic acids is 1. The summed E-state index contributed by atoms with van der Waals surface area (Å²) in [5.74, 6) is -2.40. The Balaban J connectivity index is 1.82. The normalized spacial score (nSPS) is 19.2. The summed E-state index contributed by atoms with van der Waals surface area (Å²) in [5, 5.41) is 12.7. The van der Waals surface area contributed by atoms with Gasteiger partial charge in [0.25, 0.3) is 0 Å². The van der Waals surface area contributed by atoms with Crippen LogP contribution in [0.25, 0.3) is 11.1 Å². The van der Waals surface area contributed by atoms with Crippen LogP contribution >= 0.6 is 0 Å². The maximum absolute atomic E-state index is 14.0. The van der Waals surface area contributed by atoms with Gasteiger partial charge in [-0.05, 0) is 93.6 Å². The highest BCUT2D eigenvalue weighted by Gasteiger charge is 2.43. The molecule has 4 rings (SSSR count). The van der Waals surface area contributed by atoms with Crippen LogP contribution in [0.5, 0.6) is 0 Å². The first-order valence-electron chi connectivity index (χ1n) is 13.5. The molecule has 236 valence electrons. The van der Waals surface area contributed by atoms with Crippen LogP contribution < -0.4 is 10.2 Å². The molecule has 0 radical (unpaired) electrons. The number of hydrogen-bond donors (Lipinski definition) is 2. The van der Waals surface area contributed by atoms with Crippen molar-refractivity contribution < 1.29 is 45.4 Å². The summed E-state index contributed by atoms with van der Waals surface area (Å²) in [5.41, 5.74) is -4.73. The smallest absolute Gasteiger partial charge is 0.416 e. The van der Waals surface area contributed by atoms with Crippen molar-refractivity contribution >= 4 is 17.6 Å². The number of carboxylic acid groups (broad SMARTS) is 1. The number of aromatic nitrogens is 1. The summed E-state index contributed by atoms with van der Waals surface area (Å²) < 4.78 is 95.5. The molecule has 2 N–H and O–H groups in total. The number of aliphatic carboxylic acids is 1. The SMILES string of the molecule is Cc1cc(F)ccc1-c1cc([C@H]2CC[C@](C)(C(=O)O)N2)ncc1N(C)C(=O)C(C)(C)c1cc(C(F)(F)F)cc(C(F)(F)F)c1. The Morgan fingerprint density at radius 3 is 2.02 bits per heavy atom. The van der Waals surface area contributed by atoms with E-state index in [0.29, 0.717) is 47.4 Å². The third-order valence-corrected chi connectivity index (χ3v) is 8.15. The number of benzene rings is 2. The maximum Gasteiger partial charge on any atom is 0.416 e.